The van der Waals surface area contributed by atoms with Crippen molar-refractivity contribution in [3.8, 4) is 0 Å². The highest BCUT2D eigenvalue weighted by Gasteiger charge is 2.03. The van der Waals surface area contributed by atoms with E-state index in [0.29, 0.717) is 25.9 Å². The summed E-state index contributed by atoms with van der Waals surface area (Å²) in [4.78, 5) is 0. The summed E-state index contributed by atoms with van der Waals surface area (Å²) in [6.45, 7) is 8.22. The molecule has 1 N–H and O–H groups in total. The number of aliphatic hydroxyl groups is 1. The molecule has 0 aliphatic heterocycles. The minimum Gasteiger partial charge on any atom is -0.394 e. The molecule has 3 heteroatoms. The van der Waals surface area contributed by atoms with Gasteiger partial charge >= 0.3 is 0 Å². The lowest BCUT2D eigenvalue weighted by molar-refractivity contribution is -0.000000774. The van der Waals surface area contributed by atoms with Crippen LogP contribution in [0.3, 0.4) is 0 Å². The van der Waals surface area contributed by atoms with Crippen molar-refractivity contribution in [1.82, 2.24) is 0 Å². The van der Waals surface area contributed by atoms with Gasteiger partial charge in [0.15, 0.2) is 0 Å². The zero-order chi connectivity index (χ0) is 10.8. The maximum absolute atomic E-state index is 8.45. The lowest BCUT2D eigenvalue weighted by Gasteiger charge is -2.14. The Balaban J connectivity index is 3.14. The first kappa shape index (κ1) is 13.9. The molecule has 0 spiro atoms. The smallest absolute Gasteiger partial charge is 0.0704 e. The Morgan fingerprint density at radius 2 is 1.71 bits per heavy atom. The fraction of sp³-hybridized carbons (Fsp3) is 1.00. The van der Waals surface area contributed by atoms with Gasteiger partial charge in [-0.2, -0.15) is 0 Å². The summed E-state index contributed by atoms with van der Waals surface area (Å²) in [6.07, 6.45) is 2.63. The lowest BCUT2D eigenvalue weighted by Crippen LogP contribution is -2.14. The highest BCUT2D eigenvalue weighted by atomic mass is 16.5. The molecule has 0 aromatic carbocycles. The molecule has 0 heterocycles. The van der Waals surface area contributed by atoms with E-state index in [0.717, 1.165) is 12.3 Å². The van der Waals surface area contributed by atoms with Crippen molar-refractivity contribution in [2.24, 2.45) is 5.92 Å². The minimum atomic E-state index is 0.0862. The third-order valence-corrected chi connectivity index (χ3v) is 2.02. The summed E-state index contributed by atoms with van der Waals surface area (Å²) in [7, 11) is 0. The van der Waals surface area contributed by atoms with Crippen molar-refractivity contribution < 1.29 is 14.6 Å². The monoisotopic (exact) mass is 204 g/mol. The van der Waals surface area contributed by atoms with Crippen LogP contribution in [-0.4, -0.2) is 37.6 Å². The van der Waals surface area contributed by atoms with E-state index in [1.165, 1.54) is 6.42 Å². The highest BCUT2D eigenvalue weighted by Crippen LogP contribution is 2.08. The van der Waals surface area contributed by atoms with Crippen LogP contribution < -0.4 is 0 Å². The van der Waals surface area contributed by atoms with Crippen LogP contribution in [0.15, 0.2) is 0 Å². The van der Waals surface area contributed by atoms with E-state index in [1.807, 2.05) is 0 Å². The molecule has 1 unspecified atom stereocenters. The molecule has 0 radical (unpaired) electrons. The Kier molecular flexibility index (Phi) is 9.35. The first-order valence-corrected chi connectivity index (χ1v) is 5.47. The first-order chi connectivity index (χ1) is 6.66. The maximum atomic E-state index is 8.45. The van der Waals surface area contributed by atoms with Gasteiger partial charge in [0.25, 0.3) is 0 Å². The molecule has 0 amide bonds. The summed E-state index contributed by atoms with van der Waals surface area (Å²) < 4.78 is 10.6. The van der Waals surface area contributed by atoms with E-state index < -0.39 is 0 Å². The fourth-order valence-corrected chi connectivity index (χ4v) is 1.13. The van der Waals surface area contributed by atoms with Crippen LogP contribution in [-0.2, 0) is 9.47 Å². The molecule has 1 atom stereocenters. The molecule has 0 fully saturated rings. The molecule has 14 heavy (non-hydrogen) atoms. The van der Waals surface area contributed by atoms with Crippen LogP contribution in [0.1, 0.15) is 33.6 Å². The van der Waals surface area contributed by atoms with E-state index in [-0.39, 0.29) is 6.61 Å². The largest absolute Gasteiger partial charge is 0.394 e. The fourth-order valence-electron chi connectivity index (χ4n) is 1.13. The van der Waals surface area contributed by atoms with Crippen molar-refractivity contribution in [3.05, 3.63) is 0 Å². The van der Waals surface area contributed by atoms with E-state index in [1.54, 1.807) is 0 Å². The lowest BCUT2D eigenvalue weighted by atomic mass is 10.1. The number of rotatable bonds is 9. The predicted octanol–water partition coefficient (Wildman–Crippen LogP) is 1.84. The molecule has 0 bridgehead atoms. The Morgan fingerprint density at radius 1 is 1.00 bits per heavy atom. The summed E-state index contributed by atoms with van der Waals surface area (Å²) in [5.41, 5.74) is 0. The topological polar surface area (TPSA) is 38.7 Å². The molecular formula is C11H24O3. The van der Waals surface area contributed by atoms with E-state index in [2.05, 4.69) is 20.8 Å². The minimum absolute atomic E-state index is 0.0862. The van der Waals surface area contributed by atoms with Crippen LogP contribution in [0.5, 0.6) is 0 Å². The first-order valence-electron chi connectivity index (χ1n) is 5.47. The van der Waals surface area contributed by atoms with Gasteiger partial charge in [-0.05, 0) is 25.7 Å². The van der Waals surface area contributed by atoms with Gasteiger partial charge in [0.05, 0.1) is 32.5 Å². The number of hydrogen-bond donors (Lipinski definition) is 1. The second kappa shape index (κ2) is 9.44. The third-order valence-electron chi connectivity index (χ3n) is 2.02. The molecular weight excluding hydrogens is 180 g/mol. The van der Waals surface area contributed by atoms with E-state index >= 15 is 0 Å². The maximum Gasteiger partial charge on any atom is 0.0704 e. The molecule has 86 valence electrons. The second-order valence-corrected chi connectivity index (χ2v) is 3.99. The summed E-state index contributed by atoms with van der Waals surface area (Å²) in [5, 5.41) is 8.45. The Bertz CT molecular complexity index is 115. The Morgan fingerprint density at radius 3 is 2.29 bits per heavy atom. The number of hydrogen-bond acceptors (Lipinski definition) is 3. The van der Waals surface area contributed by atoms with Crippen molar-refractivity contribution in [2.75, 3.05) is 26.4 Å². The summed E-state index contributed by atoms with van der Waals surface area (Å²) in [5.74, 6) is 0.742. The van der Waals surface area contributed by atoms with Gasteiger partial charge in [-0.1, -0.05) is 13.8 Å². The Hall–Kier alpha value is -0.120. The van der Waals surface area contributed by atoms with Gasteiger partial charge in [-0.15, -0.1) is 0 Å². The van der Waals surface area contributed by atoms with Gasteiger partial charge in [-0.3, -0.25) is 0 Å². The third kappa shape index (κ3) is 9.96. The average molecular weight is 204 g/mol. The summed E-state index contributed by atoms with van der Waals surface area (Å²) >= 11 is 0. The molecule has 0 saturated heterocycles. The zero-order valence-corrected chi connectivity index (χ0v) is 9.66. The van der Waals surface area contributed by atoms with Gasteiger partial charge in [0, 0.05) is 0 Å². The SMILES string of the molecule is CC(C)CCC(C)OCCOCCO. The molecule has 0 aromatic rings. The predicted molar refractivity (Wildman–Crippen MR) is 57.4 cm³/mol. The average Bonchev–Trinajstić information content (AvgIpc) is 2.14. The van der Waals surface area contributed by atoms with Gasteiger partial charge in [-0.25, -0.2) is 0 Å². The highest BCUT2D eigenvalue weighted by molar-refractivity contribution is 4.53. The number of ether oxygens (including phenoxy) is 2. The Labute approximate surface area is 87.4 Å². The molecule has 0 aromatic heterocycles. The molecule has 0 rings (SSSR count). The second-order valence-electron chi connectivity index (χ2n) is 3.99. The van der Waals surface area contributed by atoms with E-state index in [4.69, 9.17) is 14.6 Å². The van der Waals surface area contributed by atoms with Gasteiger partial charge in [0.2, 0.25) is 0 Å². The van der Waals surface area contributed by atoms with Crippen molar-refractivity contribution in [2.45, 2.75) is 39.7 Å². The van der Waals surface area contributed by atoms with Crippen LogP contribution in [0.2, 0.25) is 0 Å². The number of aliphatic hydroxyl groups excluding tert-OH is 1. The molecule has 0 saturated carbocycles. The van der Waals surface area contributed by atoms with Crippen LogP contribution >= 0.6 is 0 Å². The van der Waals surface area contributed by atoms with Crippen molar-refractivity contribution >= 4 is 0 Å². The zero-order valence-electron chi connectivity index (χ0n) is 9.66. The molecule has 3 nitrogen and oxygen atoms in total. The van der Waals surface area contributed by atoms with Crippen LogP contribution in [0.4, 0.5) is 0 Å². The normalized spacial score (nSPS) is 13.5. The molecule has 0 aliphatic carbocycles. The van der Waals surface area contributed by atoms with Crippen molar-refractivity contribution in [3.63, 3.8) is 0 Å². The van der Waals surface area contributed by atoms with Crippen molar-refractivity contribution in [1.29, 1.82) is 0 Å². The van der Waals surface area contributed by atoms with Crippen LogP contribution in [0.25, 0.3) is 0 Å². The van der Waals surface area contributed by atoms with Crippen LogP contribution in [0, 0.1) is 5.92 Å². The summed E-state index contributed by atoms with van der Waals surface area (Å²) in [6, 6.07) is 0. The van der Waals surface area contributed by atoms with Gasteiger partial charge in [0.1, 0.15) is 0 Å². The quantitative estimate of drug-likeness (QED) is 0.582. The standard InChI is InChI=1S/C11H24O3/c1-10(2)4-5-11(3)14-9-8-13-7-6-12/h10-12H,4-9H2,1-3H3. The van der Waals surface area contributed by atoms with E-state index in [9.17, 15) is 0 Å². The molecule has 0 aliphatic rings. The van der Waals surface area contributed by atoms with Gasteiger partial charge < -0.3 is 14.6 Å².